The SMILES string of the molecule is Cc1cc(C2CC(C(=O)NCC(C)(C)N(C)C)NN2)ccc1F. The molecule has 5 nitrogen and oxygen atoms in total. The second kappa shape index (κ2) is 6.95. The van der Waals surface area contributed by atoms with E-state index in [0.717, 1.165) is 5.56 Å². The van der Waals surface area contributed by atoms with E-state index in [1.54, 1.807) is 13.0 Å². The van der Waals surface area contributed by atoms with E-state index in [2.05, 4.69) is 34.9 Å². The van der Waals surface area contributed by atoms with Gasteiger partial charge in [0.2, 0.25) is 5.91 Å². The normalized spacial score (nSPS) is 21.7. The first-order valence-electron chi connectivity index (χ1n) is 7.93. The molecule has 1 aliphatic rings. The molecule has 0 saturated carbocycles. The molecule has 0 radical (unpaired) electrons. The summed E-state index contributed by atoms with van der Waals surface area (Å²) < 4.78 is 13.4. The molecule has 1 heterocycles. The summed E-state index contributed by atoms with van der Waals surface area (Å²) in [7, 11) is 3.99. The minimum Gasteiger partial charge on any atom is -0.353 e. The molecule has 1 saturated heterocycles. The first-order chi connectivity index (χ1) is 10.7. The molecule has 1 amide bonds. The number of carbonyl (C=O) groups excluding carboxylic acids is 1. The third-order valence-corrected chi connectivity index (χ3v) is 4.71. The van der Waals surface area contributed by atoms with Crippen molar-refractivity contribution in [2.24, 2.45) is 0 Å². The van der Waals surface area contributed by atoms with Gasteiger partial charge in [-0.25, -0.2) is 15.2 Å². The number of amides is 1. The van der Waals surface area contributed by atoms with E-state index in [0.29, 0.717) is 18.5 Å². The van der Waals surface area contributed by atoms with E-state index in [1.165, 1.54) is 6.07 Å². The molecular weight excluding hydrogens is 295 g/mol. The molecule has 3 N–H and O–H groups in total. The van der Waals surface area contributed by atoms with Gasteiger partial charge in [-0.05, 0) is 58.5 Å². The average Bonchev–Trinajstić information content (AvgIpc) is 2.97. The van der Waals surface area contributed by atoms with Crippen LogP contribution in [0.4, 0.5) is 4.39 Å². The molecule has 1 fully saturated rings. The number of likely N-dealkylation sites (N-methyl/N-ethyl adjacent to an activating group) is 1. The molecule has 0 spiro atoms. The number of nitrogens with zero attached hydrogens (tertiary/aromatic N) is 1. The highest BCUT2D eigenvalue weighted by molar-refractivity contribution is 5.82. The number of hydrogen-bond donors (Lipinski definition) is 3. The first kappa shape index (κ1) is 17.8. The Balaban J connectivity index is 1.91. The smallest absolute Gasteiger partial charge is 0.238 e. The van der Waals surface area contributed by atoms with Crippen molar-refractivity contribution in [3.05, 3.63) is 35.1 Å². The number of hydrogen-bond acceptors (Lipinski definition) is 4. The van der Waals surface area contributed by atoms with Crippen molar-refractivity contribution in [2.75, 3.05) is 20.6 Å². The van der Waals surface area contributed by atoms with Gasteiger partial charge in [0.25, 0.3) is 0 Å². The van der Waals surface area contributed by atoms with Crippen molar-refractivity contribution in [3.63, 3.8) is 0 Å². The number of nitrogens with one attached hydrogen (secondary N) is 3. The molecule has 128 valence electrons. The zero-order valence-electron chi connectivity index (χ0n) is 14.5. The molecule has 1 aliphatic heterocycles. The second-order valence-electron chi connectivity index (χ2n) is 7.06. The van der Waals surface area contributed by atoms with Crippen LogP contribution >= 0.6 is 0 Å². The topological polar surface area (TPSA) is 56.4 Å². The lowest BCUT2D eigenvalue weighted by Crippen LogP contribution is -2.51. The van der Waals surface area contributed by atoms with E-state index >= 15 is 0 Å². The van der Waals surface area contributed by atoms with Crippen LogP contribution in [-0.2, 0) is 4.79 Å². The number of benzene rings is 1. The van der Waals surface area contributed by atoms with Gasteiger partial charge in [0.05, 0.1) is 0 Å². The number of rotatable bonds is 5. The fourth-order valence-electron chi connectivity index (χ4n) is 2.42. The van der Waals surface area contributed by atoms with Gasteiger partial charge >= 0.3 is 0 Å². The second-order valence-corrected chi connectivity index (χ2v) is 7.06. The largest absolute Gasteiger partial charge is 0.353 e. The Kier molecular flexibility index (Phi) is 5.39. The Morgan fingerprint density at radius 1 is 1.39 bits per heavy atom. The highest BCUT2D eigenvalue weighted by Crippen LogP contribution is 2.24. The third-order valence-electron chi connectivity index (χ3n) is 4.71. The Hall–Kier alpha value is -1.50. The summed E-state index contributed by atoms with van der Waals surface area (Å²) in [6.45, 7) is 6.49. The molecule has 1 aromatic rings. The molecule has 0 aromatic heterocycles. The first-order valence-corrected chi connectivity index (χ1v) is 7.93. The van der Waals surface area contributed by atoms with Crippen LogP contribution in [0.15, 0.2) is 18.2 Å². The lowest BCUT2D eigenvalue weighted by atomic mass is 9.99. The number of hydrazine groups is 1. The van der Waals surface area contributed by atoms with Crippen molar-refractivity contribution in [1.29, 1.82) is 0 Å². The molecule has 23 heavy (non-hydrogen) atoms. The highest BCUT2D eigenvalue weighted by atomic mass is 19.1. The Labute approximate surface area is 137 Å². The lowest BCUT2D eigenvalue weighted by Gasteiger charge is -2.33. The van der Waals surface area contributed by atoms with Crippen molar-refractivity contribution >= 4 is 5.91 Å². The monoisotopic (exact) mass is 322 g/mol. The van der Waals surface area contributed by atoms with Crippen LogP contribution in [-0.4, -0.2) is 43.0 Å². The van der Waals surface area contributed by atoms with E-state index in [1.807, 2.05) is 20.2 Å². The average molecular weight is 322 g/mol. The quantitative estimate of drug-likeness (QED) is 0.769. The van der Waals surface area contributed by atoms with Crippen LogP contribution in [0.2, 0.25) is 0 Å². The zero-order valence-corrected chi connectivity index (χ0v) is 14.5. The van der Waals surface area contributed by atoms with E-state index in [9.17, 15) is 9.18 Å². The minimum absolute atomic E-state index is 0.00640. The summed E-state index contributed by atoms with van der Waals surface area (Å²) in [5.74, 6) is -0.228. The molecule has 0 aliphatic carbocycles. The molecule has 2 unspecified atom stereocenters. The molecule has 0 bridgehead atoms. The summed E-state index contributed by atoms with van der Waals surface area (Å²) >= 11 is 0. The van der Waals surface area contributed by atoms with Gasteiger partial charge in [0, 0.05) is 18.1 Å². The van der Waals surface area contributed by atoms with Gasteiger partial charge in [-0.2, -0.15) is 0 Å². The van der Waals surface area contributed by atoms with E-state index in [-0.39, 0.29) is 29.3 Å². The third kappa shape index (κ3) is 4.28. The molecule has 6 heteroatoms. The van der Waals surface area contributed by atoms with Gasteiger partial charge in [0.1, 0.15) is 11.9 Å². The van der Waals surface area contributed by atoms with Crippen LogP contribution in [0.25, 0.3) is 0 Å². The van der Waals surface area contributed by atoms with Gasteiger partial charge in [-0.1, -0.05) is 12.1 Å². The lowest BCUT2D eigenvalue weighted by molar-refractivity contribution is -0.123. The Morgan fingerprint density at radius 2 is 2.09 bits per heavy atom. The molecular formula is C17H27FN4O. The fraction of sp³-hybridized carbons (Fsp3) is 0.588. The Morgan fingerprint density at radius 3 is 2.70 bits per heavy atom. The predicted molar refractivity (Wildman–Crippen MR) is 89.3 cm³/mol. The van der Waals surface area contributed by atoms with E-state index in [4.69, 9.17) is 0 Å². The molecule has 1 aromatic carbocycles. The van der Waals surface area contributed by atoms with Crippen LogP contribution in [0.5, 0.6) is 0 Å². The fourth-order valence-corrected chi connectivity index (χ4v) is 2.42. The van der Waals surface area contributed by atoms with Crippen LogP contribution in [0, 0.1) is 12.7 Å². The number of carbonyl (C=O) groups is 1. The molecule has 2 rings (SSSR count). The predicted octanol–water partition coefficient (Wildman–Crippen LogP) is 1.50. The van der Waals surface area contributed by atoms with Gasteiger partial charge < -0.3 is 10.2 Å². The maximum Gasteiger partial charge on any atom is 0.238 e. The molecule has 2 atom stereocenters. The maximum atomic E-state index is 13.4. The van der Waals surface area contributed by atoms with Gasteiger partial charge in [-0.3, -0.25) is 4.79 Å². The zero-order chi connectivity index (χ0) is 17.2. The maximum absolute atomic E-state index is 13.4. The standard InChI is InChI=1S/C17H27FN4O/c1-11-8-12(6-7-13(11)18)14-9-15(21-20-14)16(23)19-10-17(2,3)22(4)5/h6-8,14-15,20-21H,9-10H2,1-5H3,(H,19,23). The van der Waals surface area contributed by atoms with Gasteiger partial charge in [0.15, 0.2) is 0 Å². The van der Waals surface area contributed by atoms with Crippen LogP contribution < -0.4 is 16.2 Å². The summed E-state index contributed by atoms with van der Waals surface area (Å²) in [6.07, 6.45) is 0.638. The van der Waals surface area contributed by atoms with E-state index < -0.39 is 0 Å². The van der Waals surface area contributed by atoms with Gasteiger partial charge in [-0.15, -0.1) is 0 Å². The highest BCUT2D eigenvalue weighted by Gasteiger charge is 2.31. The summed E-state index contributed by atoms with van der Waals surface area (Å²) in [5.41, 5.74) is 7.66. The summed E-state index contributed by atoms with van der Waals surface area (Å²) in [5, 5.41) is 3.00. The number of aryl methyl sites for hydroxylation is 1. The summed E-state index contributed by atoms with van der Waals surface area (Å²) in [4.78, 5) is 14.4. The summed E-state index contributed by atoms with van der Waals surface area (Å²) in [6, 6.07) is 4.77. The van der Waals surface area contributed by atoms with Crippen molar-refractivity contribution in [3.8, 4) is 0 Å². The Bertz CT molecular complexity index is 574. The van der Waals surface area contributed by atoms with Crippen LogP contribution in [0.1, 0.15) is 37.4 Å². The number of halogens is 1. The van der Waals surface area contributed by atoms with Crippen molar-refractivity contribution < 1.29 is 9.18 Å². The van der Waals surface area contributed by atoms with Crippen molar-refractivity contribution in [1.82, 2.24) is 21.1 Å². The minimum atomic E-state index is -0.289. The van der Waals surface area contributed by atoms with Crippen LogP contribution in [0.3, 0.4) is 0 Å². The van der Waals surface area contributed by atoms with Crippen molar-refractivity contribution in [2.45, 2.75) is 44.8 Å².